The summed E-state index contributed by atoms with van der Waals surface area (Å²) in [6.45, 7) is 1.55. The quantitative estimate of drug-likeness (QED) is 0.595. The largest absolute Gasteiger partial charge is 0.486 e. The fourth-order valence-corrected chi connectivity index (χ4v) is 5.74. The van der Waals surface area contributed by atoms with Crippen molar-refractivity contribution in [3.63, 3.8) is 0 Å². The van der Waals surface area contributed by atoms with Gasteiger partial charge in [0.2, 0.25) is 10.0 Å². The molecular weight excluding hydrogens is 432 g/mol. The second-order valence-electron chi connectivity index (χ2n) is 7.92. The molecule has 0 radical (unpaired) electrons. The van der Waals surface area contributed by atoms with E-state index in [2.05, 4.69) is 5.10 Å². The lowest BCUT2D eigenvalue weighted by Gasteiger charge is -2.31. The SMILES string of the molecule is Cn1nc(C2CCN(S(=O)(=O)c3ccc4c(c3)OCCO4)CC2)n(-c2ccccc2)c1=O. The van der Waals surface area contributed by atoms with Gasteiger partial charge in [-0.15, -0.1) is 0 Å². The van der Waals surface area contributed by atoms with Gasteiger partial charge in [0.1, 0.15) is 19.0 Å². The summed E-state index contributed by atoms with van der Waals surface area (Å²) in [5.74, 6) is 1.66. The fourth-order valence-electron chi connectivity index (χ4n) is 4.26. The molecule has 32 heavy (non-hydrogen) atoms. The molecule has 0 unspecified atom stereocenters. The zero-order valence-corrected chi connectivity index (χ0v) is 18.5. The molecule has 0 saturated carbocycles. The highest BCUT2D eigenvalue weighted by Crippen LogP contribution is 2.35. The summed E-state index contributed by atoms with van der Waals surface area (Å²) < 4.78 is 41.9. The van der Waals surface area contributed by atoms with Gasteiger partial charge >= 0.3 is 5.69 Å². The van der Waals surface area contributed by atoms with Gasteiger partial charge in [0.15, 0.2) is 11.5 Å². The average Bonchev–Trinajstić information content (AvgIpc) is 3.13. The zero-order chi connectivity index (χ0) is 22.3. The van der Waals surface area contributed by atoms with Crippen LogP contribution >= 0.6 is 0 Å². The molecule has 0 spiro atoms. The number of hydrogen-bond donors (Lipinski definition) is 0. The number of fused-ring (bicyclic) bond motifs is 1. The molecular formula is C22H24N4O5S. The van der Waals surface area contributed by atoms with Crippen LogP contribution in [0.2, 0.25) is 0 Å². The van der Waals surface area contributed by atoms with Crippen molar-refractivity contribution in [2.45, 2.75) is 23.7 Å². The van der Waals surface area contributed by atoms with E-state index in [1.165, 1.54) is 15.1 Å². The van der Waals surface area contributed by atoms with E-state index < -0.39 is 10.0 Å². The molecule has 2 aliphatic heterocycles. The van der Waals surface area contributed by atoms with Gasteiger partial charge in [-0.2, -0.15) is 9.40 Å². The van der Waals surface area contributed by atoms with Gasteiger partial charge in [-0.05, 0) is 37.1 Å². The third-order valence-electron chi connectivity index (χ3n) is 5.93. The molecule has 5 rings (SSSR count). The molecule has 0 aliphatic carbocycles. The summed E-state index contributed by atoms with van der Waals surface area (Å²) in [7, 11) is -2.03. The van der Waals surface area contributed by atoms with Crippen molar-refractivity contribution >= 4 is 10.0 Å². The Morgan fingerprint density at radius 1 is 0.969 bits per heavy atom. The number of aromatic nitrogens is 3. The zero-order valence-electron chi connectivity index (χ0n) is 17.7. The van der Waals surface area contributed by atoms with Crippen LogP contribution < -0.4 is 15.2 Å². The summed E-state index contributed by atoms with van der Waals surface area (Å²) in [4.78, 5) is 12.9. The summed E-state index contributed by atoms with van der Waals surface area (Å²) in [6, 6.07) is 14.1. The second-order valence-corrected chi connectivity index (χ2v) is 9.86. The first-order valence-corrected chi connectivity index (χ1v) is 12.0. The first-order valence-electron chi connectivity index (χ1n) is 10.6. The van der Waals surface area contributed by atoms with Crippen molar-refractivity contribution in [1.82, 2.24) is 18.7 Å². The van der Waals surface area contributed by atoms with Crippen LogP contribution in [0.3, 0.4) is 0 Å². The molecule has 3 aromatic rings. The number of benzene rings is 2. The normalized spacial score (nSPS) is 17.4. The lowest BCUT2D eigenvalue weighted by atomic mass is 9.97. The van der Waals surface area contributed by atoms with Gasteiger partial charge in [0, 0.05) is 32.1 Å². The van der Waals surface area contributed by atoms with Crippen molar-refractivity contribution in [3.05, 3.63) is 64.8 Å². The summed E-state index contributed by atoms with van der Waals surface area (Å²) in [6.07, 6.45) is 1.15. The molecule has 1 fully saturated rings. The molecule has 0 N–H and O–H groups in total. The number of hydrogen-bond acceptors (Lipinski definition) is 6. The Balaban J connectivity index is 1.37. The van der Waals surface area contributed by atoms with E-state index in [0.717, 1.165) is 5.69 Å². The Hall–Kier alpha value is -3.11. The minimum atomic E-state index is -3.66. The summed E-state index contributed by atoms with van der Waals surface area (Å²) >= 11 is 0. The number of aryl methyl sites for hydroxylation is 1. The smallest absolute Gasteiger partial charge is 0.350 e. The lowest BCUT2D eigenvalue weighted by molar-refractivity contribution is 0.171. The van der Waals surface area contributed by atoms with Gasteiger partial charge in [-0.25, -0.2) is 22.5 Å². The summed E-state index contributed by atoms with van der Waals surface area (Å²) in [5.41, 5.74) is 0.546. The summed E-state index contributed by atoms with van der Waals surface area (Å²) in [5, 5.41) is 4.47. The van der Waals surface area contributed by atoms with E-state index >= 15 is 0 Å². The minimum absolute atomic E-state index is 0.0178. The Kier molecular flexibility index (Phi) is 5.26. The van der Waals surface area contributed by atoms with Gasteiger partial charge in [0.25, 0.3) is 0 Å². The van der Waals surface area contributed by atoms with E-state index in [1.54, 1.807) is 23.7 Å². The number of sulfonamides is 1. The number of para-hydroxylation sites is 1. The molecule has 0 amide bonds. The van der Waals surface area contributed by atoms with E-state index in [0.29, 0.717) is 56.5 Å². The Morgan fingerprint density at radius 3 is 2.38 bits per heavy atom. The predicted octanol–water partition coefficient (Wildman–Crippen LogP) is 1.91. The predicted molar refractivity (Wildman–Crippen MR) is 117 cm³/mol. The number of rotatable bonds is 4. The van der Waals surface area contributed by atoms with Crippen LogP contribution in [0.5, 0.6) is 11.5 Å². The van der Waals surface area contributed by atoms with Crippen LogP contribution in [0.4, 0.5) is 0 Å². The molecule has 0 bridgehead atoms. The van der Waals surface area contributed by atoms with Crippen LogP contribution in [-0.4, -0.2) is 53.4 Å². The van der Waals surface area contributed by atoms with Crippen LogP contribution in [-0.2, 0) is 17.1 Å². The standard InChI is InChI=1S/C22H24N4O5S/c1-24-22(27)26(17-5-3-2-4-6-17)21(23-24)16-9-11-25(12-10-16)32(28,29)18-7-8-19-20(15-18)31-14-13-30-19/h2-8,15-16H,9-14H2,1H3. The van der Waals surface area contributed by atoms with Crippen molar-refractivity contribution < 1.29 is 17.9 Å². The number of piperidine rings is 1. The molecule has 0 atom stereocenters. The monoisotopic (exact) mass is 456 g/mol. The maximum Gasteiger partial charge on any atom is 0.350 e. The molecule has 168 valence electrons. The second kappa shape index (κ2) is 8.10. The molecule has 10 heteroatoms. The van der Waals surface area contributed by atoms with Crippen molar-refractivity contribution in [3.8, 4) is 17.2 Å². The molecule has 2 aliphatic rings. The number of ether oxygens (including phenoxy) is 2. The van der Waals surface area contributed by atoms with Crippen LogP contribution in [0.25, 0.3) is 5.69 Å². The Morgan fingerprint density at radius 2 is 1.66 bits per heavy atom. The first-order chi connectivity index (χ1) is 15.4. The highest BCUT2D eigenvalue weighted by Gasteiger charge is 2.33. The maximum absolute atomic E-state index is 13.2. The molecule has 3 heterocycles. The van der Waals surface area contributed by atoms with Gasteiger partial charge < -0.3 is 9.47 Å². The maximum atomic E-state index is 13.2. The number of nitrogens with zero attached hydrogens (tertiary/aromatic N) is 4. The average molecular weight is 457 g/mol. The lowest BCUT2D eigenvalue weighted by Crippen LogP contribution is -2.38. The molecule has 1 aromatic heterocycles. The Bertz CT molecular complexity index is 1290. The molecule has 1 saturated heterocycles. The van der Waals surface area contributed by atoms with Crippen LogP contribution in [0.15, 0.2) is 58.2 Å². The van der Waals surface area contributed by atoms with Crippen molar-refractivity contribution in [2.24, 2.45) is 7.05 Å². The van der Waals surface area contributed by atoms with Gasteiger partial charge in [-0.3, -0.25) is 0 Å². The third kappa shape index (κ3) is 3.59. The topological polar surface area (TPSA) is 95.7 Å². The highest BCUT2D eigenvalue weighted by molar-refractivity contribution is 7.89. The van der Waals surface area contributed by atoms with E-state index in [-0.39, 0.29) is 16.5 Å². The van der Waals surface area contributed by atoms with Crippen LogP contribution in [0, 0.1) is 0 Å². The van der Waals surface area contributed by atoms with E-state index in [4.69, 9.17) is 9.47 Å². The fraction of sp³-hybridized carbons (Fsp3) is 0.364. The van der Waals surface area contributed by atoms with Crippen LogP contribution in [0.1, 0.15) is 24.6 Å². The highest BCUT2D eigenvalue weighted by atomic mass is 32.2. The molecule has 2 aromatic carbocycles. The first kappa shape index (κ1) is 20.8. The van der Waals surface area contributed by atoms with Gasteiger partial charge in [0.05, 0.1) is 10.6 Å². The third-order valence-corrected chi connectivity index (χ3v) is 7.83. The van der Waals surface area contributed by atoms with Crippen molar-refractivity contribution in [1.29, 1.82) is 0 Å². The van der Waals surface area contributed by atoms with E-state index in [1.807, 2.05) is 30.3 Å². The minimum Gasteiger partial charge on any atom is -0.486 e. The van der Waals surface area contributed by atoms with Gasteiger partial charge in [-0.1, -0.05) is 18.2 Å². The molecule has 9 nitrogen and oxygen atoms in total. The van der Waals surface area contributed by atoms with E-state index in [9.17, 15) is 13.2 Å². The van der Waals surface area contributed by atoms with Crippen molar-refractivity contribution in [2.75, 3.05) is 26.3 Å². The Labute approximate surface area is 185 Å².